The van der Waals surface area contributed by atoms with E-state index < -0.39 is 10.0 Å². The number of rotatable bonds is 7. The smallest absolute Gasteiger partial charge is 0.238 e. The van der Waals surface area contributed by atoms with Gasteiger partial charge in [-0.1, -0.05) is 47.3 Å². The first-order valence-corrected chi connectivity index (χ1v) is 11.6. The summed E-state index contributed by atoms with van der Waals surface area (Å²) in [7, 11) is -3.77. The second-order valence-electron chi connectivity index (χ2n) is 6.52. The van der Waals surface area contributed by atoms with Crippen molar-refractivity contribution in [1.29, 1.82) is 0 Å². The lowest BCUT2D eigenvalue weighted by molar-refractivity contribution is 0.102. The Kier molecular flexibility index (Phi) is 5.67. The van der Waals surface area contributed by atoms with Crippen LogP contribution in [0.15, 0.2) is 64.6 Å². The van der Waals surface area contributed by atoms with Gasteiger partial charge in [0.25, 0.3) is 0 Å². The van der Waals surface area contributed by atoms with Crippen LogP contribution in [0.1, 0.15) is 16.1 Å². The van der Waals surface area contributed by atoms with Crippen LogP contribution in [0.25, 0.3) is 17.2 Å². The Morgan fingerprint density at radius 1 is 1.13 bits per heavy atom. The highest BCUT2D eigenvalue weighted by Gasteiger charge is 2.17. The van der Waals surface area contributed by atoms with Gasteiger partial charge in [-0.25, -0.2) is 18.2 Å². The van der Waals surface area contributed by atoms with Crippen molar-refractivity contribution in [2.45, 2.75) is 17.0 Å². The van der Waals surface area contributed by atoms with Crippen LogP contribution < -0.4 is 5.14 Å². The topological polar surface area (TPSA) is 150 Å². The summed E-state index contributed by atoms with van der Waals surface area (Å²) in [4.78, 5) is 16.6. The van der Waals surface area contributed by atoms with Gasteiger partial charge in [-0.3, -0.25) is 9.89 Å². The molecule has 0 atom stereocenters. The molecule has 0 unspecified atom stereocenters. The van der Waals surface area contributed by atoms with E-state index >= 15 is 0 Å². The Morgan fingerprint density at radius 3 is 2.52 bits per heavy atom. The van der Waals surface area contributed by atoms with Crippen LogP contribution in [0, 0.1) is 6.92 Å². The van der Waals surface area contributed by atoms with Gasteiger partial charge in [0.15, 0.2) is 17.3 Å². The molecule has 0 saturated carbocycles. The van der Waals surface area contributed by atoms with Gasteiger partial charge >= 0.3 is 0 Å². The summed E-state index contributed by atoms with van der Waals surface area (Å²) >= 11 is 1.23. The number of nitrogens with two attached hydrogens (primary N) is 1. The molecule has 3 N–H and O–H groups in total. The highest BCUT2D eigenvalue weighted by molar-refractivity contribution is 7.99. The van der Waals surface area contributed by atoms with Gasteiger partial charge in [0.2, 0.25) is 15.2 Å². The van der Waals surface area contributed by atoms with E-state index in [1.54, 1.807) is 35.9 Å². The van der Waals surface area contributed by atoms with Crippen molar-refractivity contribution in [3.63, 3.8) is 0 Å². The van der Waals surface area contributed by atoms with E-state index in [-0.39, 0.29) is 16.4 Å². The number of ketones is 1. The monoisotopic (exact) mass is 455 g/mol. The van der Waals surface area contributed by atoms with E-state index in [9.17, 15) is 13.2 Å². The van der Waals surface area contributed by atoms with Crippen LogP contribution in [-0.2, 0) is 10.0 Å². The number of hydrogen-bond acceptors (Lipinski definition) is 8. The number of hydrogen-bond donors (Lipinski definition) is 2. The largest absolute Gasteiger partial charge is 0.293 e. The highest BCUT2D eigenvalue weighted by atomic mass is 32.2. The Hall–Kier alpha value is -3.35. The van der Waals surface area contributed by atoms with Gasteiger partial charge < -0.3 is 0 Å². The number of H-pyrrole nitrogens is 1. The number of nitrogens with one attached hydrogen (secondary N) is 1. The number of sulfonamides is 1. The molecule has 2 heterocycles. The lowest BCUT2D eigenvalue weighted by Gasteiger charge is -2.04. The van der Waals surface area contributed by atoms with Crippen molar-refractivity contribution in [1.82, 2.24) is 30.2 Å². The molecule has 0 aliphatic carbocycles. The number of primary sulfonamides is 1. The average Bonchev–Trinajstić information content (AvgIpc) is 3.38. The van der Waals surface area contributed by atoms with Gasteiger partial charge in [-0.15, -0.1) is 10.2 Å². The van der Waals surface area contributed by atoms with Crippen molar-refractivity contribution < 1.29 is 13.2 Å². The zero-order valence-electron chi connectivity index (χ0n) is 16.3. The molecule has 2 aromatic heterocycles. The van der Waals surface area contributed by atoms with E-state index in [0.717, 1.165) is 0 Å². The zero-order valence-corrected chi connectivity index (χ0v) is 17.9. The predicted octanol–water partition coefficient (Wildman–Crippen LogP) is 1.98. The second-order valence-corrected chi connectivity index (χ2v) is 9.02. The number of benzene rings is 2. The van der Waals surface area contributed by atoms with Crippen molar-refractivity contribution in [3.05, 3.63) is 65.9 Å². The number of aromatic amines is 1. The summed E-state index contributed by atoms with van der Waals surface area (Å²) in [6.07, 6.45) is 0. The first-order valence-electron chi connectivity index (χ1n) is 9.02. The SMILES string of the molecule is Cc1c(-c2nc(SCC(=O)c3ccccc3)n[nH]2)nnn1-c1ccc(S(N)(=O)=O)cc1. The maximum atomic E-state index is 12.2. The molecule has 4 rings (SSSR count). The molecule has 0 aliphatic heterocycles. The van der Waals surface area contributed by atoms with Gasteiger partial charge in [-0.05, 0) is 31.2 Å². The molecule has 31 heavy (non-hydrogen) atoms. The van der Waals surface area contributed by atoms with E-state index in [1.807, 2.05) is 18.2 Å². The molecule has 158 valence electrons. The quantitative estimate of drug-likeness (QED) is 0.317. The highest BCUT2D eigenvalue weighted by Crippen LogP contribution is 2.23. The lowest BCUT2D eigenvalue weighted by atomic mass is 10.2. The molecule has 0 fully saturated rings. The van der Waals surface area contributed by atoms with Crippen LogP contribution in [0.4, 0.5) is 0 Å². The summed E-state index contributed by atoms with van der Waals surface area (Å²) in [6.45, 7) is 1.80. The van der Waals surface area contributed by atoms with Crippen LogP contribution in [0.2, 0.25) is 0 Å². The molecule has 0 bridgehead atoms. The number of thioether (sulfide) groups is 1. The standard InChI is InChI=1S/C19H17N7O3S2/c1-12-17(22-25-26(12)14-7-9-15(10-8-14)31(20,28)29)18-21-19(24-23-18)30-11-16(27)13-5-3-2-4-6-13/h2-10H,11H2,1H3,(H2,20,28,29)(H,21,23,24). The molecule has 12 heteroatoms. The molecular weight excluding hydrogens is 438 g/mol. The Morgan fingerprint density at radius 2 is 1.84 bits per heavy atom. The Labute approximate surface area is 181 Å². The van der Waals surface area contributed by atoms with E-state index in [2.05, 4.69) is 25.5 Å². The third kappa shape index (κ3) is 4.55. The summed E-state index contributed by atoms with van der Waals surface area (Å²) in [5.41, 5.74) is 2.42. The molecule has 4 aromatic rings. The fourth-order valence-corrected chi connectivity index (χ4v) is 4.03. The summed E-state index contributed by atoms with van der Waals surface area (Å²) in [5.74, 6) is 0.616. The minimum Gasteiger partial charge on any atom is -0.293 e. The predicted molar refractivity (Wildman–Crippen MR) is 114 cm³/mol. The van der Waals surface area contributed by atoms with E-state index in [1.165, 1.54) is 23.9 Å². The molecule has 0 aliphatic rings. The molecule has 10 nitrogen and oxygen atoms in total. The molecule has 0 amide bonds. The van der Waals surface area contributed by atoms with Crippen LogP contribution in [-0.4, -0.2) is 50.1 Å². The first kappa shape index (κ1) is 20.9. The summed E-state index contributed by atoms with van der Waals surface area (Å²) < 4.78 is 24.4. The normalized spacial score (nSPS) is 11.5. The fourth-order valence-electron chi connectivity index (χ4n) is 2.82. The zero-order chi connectivity index (χ0) is 22.0. The number of Topliss-reactive ketones (excluding diaryl/α,β-unsaturated/α-hetero) is 1. The fraction of sp³-hybridized carbons (Fsp3) is 0.105. The first-order chi connectivity index (χ1) is 14.8. The van der Waals surface area contributed by atoms with Gasteiger partial charge in [0.05, 0.1) is 22.0 Å². The molecule has 0 saturated heterocycles. The van der Waals surface area contributed by atoms with Crippen molar-refractivity contribution >= 4 is 27.6 Å². The number of carbonyl (C=O) groups is 1. The molecule has 0 spiro atoms. The van der Waals surface area contributed by atoms with Gasteiger partial charge in [0.1, 0.15) is 0 Å². The van der Waals surface area contributed by atoms with E-state index in [4.69, 9.17) is 5.14 Å². The molecule has 2 aromatic carbocycles. The van der Waals surface area contributed by atoms with Crippen molar-refractivity contribution in [2.24, 2.45) is 5.14 Å². The Balaban J connectivity index is 1.50. The summed E-state index contributed by atoms with van der Waals surface area (Å²) in [6, 6.07) is 15.0. The van der Waals surface area contributed by atoms with Crippen LogP contribution in [0.5, 0.6) is 0 Å². The van der Waals surface area contributed by atoms with Crippen LogP contribution >= 0.6 is 11.8 Å². The van der Waals surface area contributed by atoms with E-state index in [0.29, 0.717) is 33.6 Å². The number of carbonyl (C=O) groups excluding carboxylic acids is 1. The second kappa shape index (κ2) is 8.41. The van der Waals surface area contributed by atoms with Crippen molar-refractivity contribution in [2.75, 3.05) is 5.75 Å². The van der Waals surface area contributed by atoms with Crippen LogP contribution in [0.3, 0.4) is 0 Å². The Bertz CT molecular complexity index is 1330. The number of nitrogens with zero attached hydrogens (tertiary/aromatic N) is 5. The minimum absolute atomic E-state index is 0.0104. The van der Waals surface area contributed by atoms with Crippen molar-refractivity contribution in [3.8, 4) is 17.2 Å². The average molecular weight is 456 g/mol. The maximum Gasteiger partial charge on any atom is 0.238 e. The van der Waals surface area contributed by atoms with Gasteiger partial charge in [-0.2, -0.15) is 4.98 Å². The minimum atomic E-state index is -3.77. The van der Waals surface area contributed by atoms with Gasteiger partial charge in [0, 0.05) is 5.56 Å². The molecule has 0 radical (unpaired) electrons. The third-order valence-corrected chi connectivity index (χ3v) is 6.20. The summed E-state index contributed by atoms with van der Waals surface area (Å²) in [5, 5.41) is 20.8. The number of aromatic nitrogens is 6. The molecular formula is C19H17N7O3S2. The lowest BCUT2D eigenvalue weighted by Crippen LogP contribution is -2.12. The maximum absolute atomic E-state index is 12.2. The third-order valence-electron chi connectivity index (χ3n) is 4.42.